The molecular formula is C15H9Cl2FO2. The SMILES string of the molecule is O=C(O)/C=C/c1ccc(-c2ccc(Cl)c(Cl)c2)cc1F. The van der Waals surface area contributed by atoms with Crippen LogP contribution < -0.4 is 0 Å². The van der Waals surface area contributed by atoms with Gasteiger partial charge in [0.25, 0.3) is 0 Å². The molecule has 0 saturated carbocycles. The van der Waals surface area contributed by atoms with Crippen molar-refractivity contribution < 1.29 is 14.3 Å². The summed E-state index contributed by atoms with van der Waals surface area (Å²) in [4.78, 5) is 10.4. The van der Waals surface area contributed by atoms with Crippen LogP contribution in [0.15, 0.2) is 42.5 Å². The zero-order valence-corrected chi connectivity index (χ0v) is 11.6. The number of carbonyl (C=O) groups is 1. The van der Waals surface area contributed by atoms with Crippen molar-refractivity contribution in [2.45, 2.75) is 0 Å². The van der Waals surface area contributed by atoms with Crippen LogP contribution in [0, 0.1) is 5.82 Å². The molecule has 2 aromatic carbocycles. The van der Waals surface area contributed by atoms with Gasteiger partial charge in [-0.3, -0.25) is 0 Å². The summed E-state index contributed by atoms with van der Waals surface area (Å²) in [5.41, 5.74) is 1.57. The third-order valence-electron chi connectivity index (χ3n) is 2.66. The van der Waals surface area contributed by atoms with Crippen molar-refractivity contribution in [1.29, 1.82) is 0 Å². The molecular weight excluding hydrogens is 302 g/mol. The number of halogens is 3. The highest BCUT2D eigenvalue weighted by atomic mass is 35.5. The molecule has 0 aliphatic rings. The quantitative estimate of drug-likeness (QED) is 0.819. The Balaban J connectivity index is 2.37. The van der Waals surface area contributed by atoms with Gasteiger partial charge in [-0.25, -0.2) is 9.18 Å². The van der Waals surface area contributed by atoms with Gasteiger partial charge >= 0.3 is 5.97 Å². The van der Waals surface area contributed by atoms with Crippen LogP contribution in [-0.2, 0) is 4.79 Å². The molecule has 0 atom stereocenters. The minimum absolute atomic E-state index is 0.205. The second kappa shape index (κ2) is 6.07. The van der Waals surface area contributed by atoms with Gasteiger partial charge in [0.1, 0.15) is 5.82 Å². The lowest BCUT2D eigenvalue weighted by atomic mass is 10.0. The second-order valence-corrected chi connectivity index (χ2v) is 4.85. The lowest BCUT2D eigenvalue weighted by Gasteiger charge is -2.05. The minimum Gasteiger partial charge on any atom is -0.478 e. The molecule has 0 amide bonds. The zero-order chi connectivity index (χ0) is 14.7. The Kier molecular flexibility index (Phi) is 4.42. The number of aliphatic carboxylic acids is 1. The molecule has 0 unspecified atom stereocenters. The molecule has 0 heterocycles. The van der Waals surface area contributed by atoms with E-state index in [4.69, 9.17) is 28.3 Å². The summed E-state index contributed by atoms with van der Waals surface area (Å²) in [6.45, 7) is 0. The lowest BCUT2D eigenvalue weighted by molar-refractivity contribution is -0.131. The van der Waals surface area contributed by atoms with Gasteiger partial charge < -0.3 is 5.11 Å². The molecule has 0 aliphatic heterocycles. The van der Waals surface area contributed by atoms with E-state index in [2.05, 4.69) is 0 Å². The first-order valence-corrected chi connectivity index (χ1v) is 6.39. The molecule has 0 fully saturated rings. The fourth-order valence-corrected chi connectivity index (χ4v) is 1.98. The smallest absolute Gasteiger partial charge is 0.328 e. The standard InChI is InChI=1S/C15H9Cl2FO2/c16-12-5-3-10(7-13(12)17)11-2-1-9(14(18)8-11)4-6-15(19)20/h1-8H,(H,19,20)/b6-4+. The van der Waals surface area contributed by atoms with Crippen molar-refractivity contribution in [1.82, 2.24) is 0 Å². The van der Waals surface area contributed by atoms with Gasteiger partial charge in [-0.2, -0.15) is 0 Å². The van der Waals surface area contributed by atoms with Crippen LogP contribution in [0.5, 0.6) is 0 Å². The van der Waals surface area contributed by atoms with E-state index in [0.717, 1.165) is 11.6 Å². The first-order chi connectivity index (χ1) is 9.47. The minimum atomic E-state index is -1.13. The maximum atomic E-state index is 13.9. The van der Waals surface area contributed by atoms with Crippen molar-refractivity contribution in [2.24, 2.45) is 0 Å². The van der Waals surface area contributed by atoms with E-state index in [1.807, 2.05) is 0 Å². The van der Waals surface area contributed by atoms with Gasteiger partial charge in [0.15, 0.2) is 0 Å². The summed E-state index contributed by atoms with van der Waals surface area (Å²) < 4.78 is 13.9. The summed E-state index contributed by atoms with van der Waals surface area (Å²) in [5, 5.41) is 9.33. The van der Waals surface area contributed by atoms with E-state index in [9.17, 15) is 9.18 Å². The van der Waals surface area contributed by atoms with Gasteiger partial charge in [0.2, 0.25) is 0 Å². The van der Waals surface area contributed by atoms with E-state index in [-0.39, 0.29) is 5.56 Å². The molecule has 0 bridgehead atoms. The molecule has 0 saturated heterocycles. The summed E-state index contributed by atoms with van der Waals surface area (Å²) >= 11 is 11.7. The average molecular weight is 311 g/mol. The second-order valence-electron chi connectivity index (χ2n) is 4.04. The highest BCUT2D eigenvalue weighted by molar-refractivity contribution is 6.42. The van der Waals surface area contributed by atoms with Gasteiger partial charge in [0, 0.05) is 11.6 Å². The van der Waals surface area contributed by atoms with Gasteiger partial charge in [-0.15, -0.1) is 0 Å². The van der Waals surface area contributed by atoms with Crippen molar-refractivity contribution >= 4 is 35.2 Å². The Hall–Kier alpha value is -1.84. The Morgan fingerprint density at radius 3 is 2.30 bits per heavy atom. The van der Waals surface area contributed by atoms with Crippen LogP contribution in [0.25, 0.3) is 17.2 Å². The molecule has 1 N–H and O–H groups in total. The Labute approximate surface area is 125 Å². The van der Waals surface area contributed by atoms with Crippen LogP contribution in [0.1, 0.15) is 5.56 Å². The summed E-state index contributed by atoms with van der Waals surface area (Å²) in [5.74, 6) is -1.64. The van der Waals surface area contributed by atoms with Gasteiger partial charge in [-0.05, 0) is 35.4 Å². The van der Waals surface area contributed by atoms with E-state index >= 15 is 0 Å². The largest absolute Gasteiger partial charge is 0.478 e. The Bertz CT molecular complexity index is 696. The maximum absolute atomic E-state index is 13.9. The highest BCUT2D eigenvalue weighted by Crippen LogP contribution is 2.29. The predicted octanol–water partition coefficient (Wildman–Crippen LogP) is 4.90. The number of rotatable bonds is 3. The fourth-order valence-electron chi connectivity index (χ4n) is 1.68. The molecule has 0 spiro atoms. The van der Waals surface area contributed by atoms with Crippen molar-refractivity contribution in [3.05, 3.63) is 63.9 Å². The Morgan fingerprint density at radius 2 is 1.70 bits per heavy atom. The topological polar surface area (TPSA) is 37.3 Å². The van der Waals surface area contributed by atoms with E-state index < -0.39 is 11.8 Å². The van der Waals surface area contributed by atoms with E-state index in [1.54, 1.807) is 24.3 Å². The normalized spacial score (nSPS) is 10.9. The molecule has 2 nitrogen and oxygen atoms in total. The van der Waals surface area contributed by atoms with Gasteiger partial charge in [-0.1, -0.05) is 41.4 Å². The molecule has 102 valence electrons. The number of benzene rings is 2. The molecule has 0 aliphatic carbocycles. The van der Waals surface area contributed by atoms with Crippen LogP contribution in [0.2, 0.25) is 10.0 Å². The third-order valence-corrected chi connectivity index (χ3v) is 3.40. The lowest BCUT2D eigenvalue weighted by Crippen LogP contribution is -1.89. The summed E-state index contributed by atoms with van der Waals surface area (Å²) in [6.07, 6.45) is 2.09. The van der Waals surface area contributed by atoms with Crippen LogP contribution in [0.3, 0.4) is 0 Å². The summed E-state index contributed by atoms with van der Waals surface area (Å²) in [6, 6.07) is 9.52. The van der Waals surface area contributed by atoms with Gasteiger partial charge in [0.05, 0.1) is 10.0 Å². The number of carboxylic acid groups (broad SMARTS) is 1. The zero-order valence-electron chi connectivity index (χ0n) is 10.1. The first-order valence-electron chi connectivity index (χ1n) is 5.63. The number of hydrogen-bond acceptors (Lipinski definition) is 1. The predicted molar refractivity (Wildman–Crippen MR) is 78.5 cm³/mol. The monoisotopic (exact) mass is 310 g/mol. The first kappa shape index (κ1) is 14.6. The Morgan fingerprint density at radius 1 is 1.05 bits per heavy atom. The third kappa shape index (κ3) is 3.38. The molecule has 0 aromatic heterocycles. The van der Waals surface area contributed by atoms with Crippen molar-refractivity contribution in [3.8, 4) is 11.1 Å². The van der Waals surface area contributed by atoms with Crippen molar-refractivity contribution in [3.63, 3.8) is 0 Å². The van der Waals surface area contributed by atoms with Crippen LogP contribution in [-0.4, -0.2) is 11.1 Å². The molecule has 20 heavy (non-hydrogen) atoms. The molecule has 5 heteroatoms. The maximum Gasteiger partial charge on any atom is 0.328 e. The molecule has 2 rings (SSSR count). The van der Waals surface area contributed by atoms with Crippen LogP contribution in [0.4, 0.5) is 4.39 Å². The summed E-state index contributed by atoms with van der Waals surface area (Å²) in [7, 11) is 0. The van der Waals surface area contributed by atoms with E-state index in [1.165, 1.54) is 18.2 Å². The molecule has 0 radical (unpaired) electrons. The van der Waals surface area contributed by atoms with E-state index in [0.29, 0.717) is 15.6 Å². The molecule has 2 aromatic rings. The highest BCUT2D eigenvalue weighted by Gasteiger charge is 2.06. The van der Waals surface area contributed by atoms with Crippen LogP contribution >= 0.6 is 23.2 Å². The number of hydrogen-bond donors (Lipinski definition) is 1. The average Bonchev–Trinajstić information content (AvgIpc) is 2.40. The number of carboxylic acids is 1. The fraction of sp³-hybridized carbons (Fsp3) is 0. The van der Waals surface area contributed by atoms with Crippen molar-refractivity contribution in [2.75, 3.05) is 0 Å².